The Morgan fingerprint density at radius 2 is 1.55 bits per heavy atom. The van der Waals surface area contributed by atoms with Gasteiger partial charge in [0.15, 0.2) is 0 Å². The Morgan fingerprint density at radius 3 is 2.15 bits per heavy atom. The van der Waals surface area contributed by atoms with Crippen LogP contribution < -0.4 is 4.74 Å². The minimum absolute atomic E-state index is 0.171. The smallest absolute Gasteiger partial charge is 0.322 e. The molecule has 3 aromatic carbocycles. The molecule has 3 aromatic rings. The second-order valence-electron chi connectivity index (χ2n) is 8.02. The Hall–Kier alpha value is -2.98. The summed E-state index contributed by atoms with van der Waals surface area (Å²) in [5.41, 5.74) is 4.79. The number of carbonyl (C=O) groups is 1. The minimum Gasteiger partial charge on any atom is -0.490 e. The molecule has 0 radical (unpaired) electrons. The summed E-state index contributed by atoms with van der Waals surface area (Å²) < 4.78 is 10.6. The largest absolute Gasteiger partial charge is 0.490 e. The lowest BCUT2D eigenvalue weighted by Gasteiger charge is -2.25. The Labute approximate surface area is 201 Å². The zero-order valence-corrected chi connectivity index (χ0v) is 20.7. The lowest BCUT2D eigenvalue weighted by atomic mass is 10.0. The summed E-state index contributed by atoms with van der Waals surface area (Å²) in [6, 6.07) is 26.9. The van der Waals surface area contributed by atoms with Gasteiger partial charge in [0.25, 0.3) is 0 Å². The van der Waals surface area contributed by atoms with Gasteiger partial charge in [0.2, 0.25) is 0 Å². The van der Waals surface area contributed by atoms with Crippen molar-refractivity contribution in [1.82, 2.24) is 0 Å². The normalized spacial score (nSPS) is 13.3. The Bertz CT molecular complexity index is 1060. The van der Waals surface area contributed by atoms with E-state index in [1.54, 1.807) is 0 Å². The van der Waals surface area contributed by atoms with Gasteiger partial charge in [-0.3, -0.25) is 4.79 Å². The summed E-state index contributed by atoms with van der Waals surface area (Å²) in [7, 11) is 0. The number of benzene rings is 3. The molecule has 0 N–H and O–H groups in total. The van der Waals surface area contributed by atoms with E-state index in [1.165, 1.54) is 34.0 Å². The van der Waals surface area contributed by atoms with Crippen molar-refractivity contribution >= 4 is 23.3 Å². The van der Waals surface area contributed by atoms with Gasteiger partial charge in [0.05, 0.1) is 6.61 Å². The summed E-state index contributed by atoms with van der Waals surface area (Å²) in [5, 5.41) is 0. The Kier molecular flexibility index (Phi) is 8.79. The van der Waals surface area contributed by atoms with Crippen LogP contribution in [0.15, 0.2) is 89.8 Å². The van der Waals surface area contributed by atoms with Gasteiger partial charge >= 0.3 is 5.97 Å². The van der Waals surface area contributed by atoms with E-state index in [0.29, 0.717) is 19.6 Å². The highest BCUT2D eigenvalue weighted by Crippen LogP contribution is 2.37. The van der Waals surface area contributed by atoms with E-state index in [0.717, 1.165) is 10.6 Å². The lowest BCUT2D eigenvalue weighted by Crippen LogP contribution is -2.32. The number of rotatable bonds is 10. The molecule has 0 spiro atoms. The van der Waals surface area contributed by atoms with E-state index in [9.17, 15) is 4.79 Å². The van der Waals surface area contributed by atoms with Crippen molar-refractivity contribution in [3.63, 3.8) is 0 Å². The average molecular weight is 461 g/mol. The lowest BCUT2D eigenvalue weighted by molar-refractivity contribution is -0.145. The maximum Gasteiger partial charge on any atom is 0.322 e. The Balaban J connectivity index is 1.56. The quantitative estimate of drug-likeness (QED) is 0.230. The number of hydrogen-bond donors (Lipinski definition) is 0. The fraction of sp³-hybridized carbons (Fsp3) is 0.276. The number of allylic oxidation sites excluding steroid dienone is 1. The van der Waals surface area contributed by atoms with E-state index in [1.807, 2.05) is 51.1 Å². The van der Waals surface area contributed by atoms with Crippen LogP contribution >= 0.6 is 11.8 Å². The fourth-order valence-electron chi connectivity index (χ4n) is 3.34. The number of ether oxygens (including phenoxy) is 2. The molecule has 0 aliphatic heterocycles. The van der Waals surface area contributed by atoms with Gasteiger partial charge in [-0.15, -0.1) is 11.8 Å². The molecule has 0 bridgehead atoms. The number of hydrogen-bond acceptors (Lipinski definition) is 4. The van der Waals surface area contributed by atoms with Gasteiger partial charge in [-0.05, 0) is 79.8 Å². The van der Waals surface area contributed by atoms with E-state index >= 15 is 0 Å². The summed E-state index contributed by atoms with van der Waals surface area (Å²) >= 11 is 1.53. The van der Waals surface area contributed by atoms with Crippen molar-refractivity contribution in [2.45, 2.75) is 43.8 Å². The zero-order valence-electron chi connectivity index (χ0n) is 19.8. The standard InChI is InChI=1S/C29H32O3S/c1-5-29(4,28(30)31-6-2)33-27-18-16-26(17-19-27)32-21-20-22(3)23-12-14-25(15-13-23)24-10-8-7-9-11-24/h7-20H,5-6,21H2,1-4H3/t29-/m1/s1. The number of carbonyl (C=O) groups excluding carboxylic acids is 1. The number of esters is 1. The van der Waals surface area contributed by atoms with Crippen molar-refractivity contribution in [3.8, 4) is 16.9 Å². The van der Waals surface area contributed by atoms with Crippen LogP contribution in [-0.2, 0) is 9.53 Å². The molecule has 172 valence electrons. The second-order valence-corrected chi connectivity index (χ2v) is 9.60. The third-order valence-electron chi connectivity index (χ3n) is 5.64. The molecule has 0 unspecified atom stereocenters. The van der Waals surface area contributed by atoms with E-state index in [4.69, 9.17) is 9.47 Å². The molecule has 0 heterocycles. The molecule has 0 aliphatic carbocycles. The first-order valence-corrected chi connectivity index (χ1v) is 12.2. The summed E-state index contributed by atoms with van der Waals surface area (Å²) in [5.74, 6) is 0.632. The van der Waals surface area contributed by atoms with Crippen molar-refractivity contribution in [3.05, 3.63) is 90.5 Å². The molecule has 0 amide bonds. The molecule has 3 rings (SSSR count). The first-order chi connectivity index (χ1) is 15.9. The predicted molar refractivity (Wildman–Crippen MR) is 139 cm³/mol. The third kappa shape index (κ3) is 6.75. The van der Waals surface area contributed by atoms with Gasteiger partial charge in [-0.2, -0.15) is 0 Å². The van der Waals surface area contributed by atoms with Crippen LogP contribution in [0.5, 0.6) is 5.75 Å². The molecular weight excluding hydrogens is 428 g/mol. The van der Waals surface area contributed by atoms with Gasteiger partial charge in [-0.25, -0.2) is 0 Å². The van der Waals surface area contributed by atoms with Crippen molar-refractivity contribution in [2.24, 2.45) is 0 Å². The SMILES string of the molecule is CCOC(=O)[C@@](C)(CC)Sc1ccc(OCC=C(C)c2ccc(-c3ccccc3)cc2)cc1. The molecule has 0 aromatic heterocycles. The molecule has 4 heteroatoms. The molecular formula is C29H32O3S. The van der Waals surface area contributed by atoms with Crippen LogP contribution in [0, 0.1) is 0 Å². The fourth-order valence-corrected chi connectivity index (χ4v) is 4.42. The molecule has 1 atom stereocenters. The van der Waals surface area contributed by atoms with Crippen molar-refractivity contribution in [1.29, 1.82) is 0 Å². The van der Waals surface area contributed by atoms with Gasteiger partial charge in [0, 0.05) is 4.90 Å². The van der Waals surface area contributed by atoms with Crippen LogP contribution in [0.3, 0.4) is 0 Å². The summed E-state index contributed by atoms with van der Waals surface area (Å²) in [4.78, 5) is 13.3. The summed E-state index contributed by atoms with van der Waals surface area (Å²) in [6.07, 6.45) is 2.79. The first-order valence-electron chi connectivity index (χ1n) is 11.4. The van der Waals surface area contributed by atoms with Gasteiger partial charge < -0.3 is 9.47 Å². The highest BCUT2D eigenvalue weighted by Gasteiger charge is 2.34. The van der Waals surface area contributed by atoms with Crippen LogP contribution in [0.4, 0.5) is 0 Å². The van der Waals surface area contributed by atoms with Crippen LogP contribution in [0.2, 0.25) is 0 Å². The third-order valence-corrected chi connectivity index (χ3v) is 7.05. The summed E-state index contributed by atoms with van der Waals surface area (Å²) in [6.45, 7) is 8.76. The van der Waals surface area contributed by atoms with Gasteiger partial charge in [-0.1, -0.05) is 61.5 Å². The monoisotopic (exact) mass is 460 g/mol. The maximum absolute atomic E-state index is 12.3. The molecule has 0 fully saturated rings. The topological polar surface area (TPSA) is 35.5 Å². The first kappa shape index (κ1) is 24.7. The zero-order chi connectivity index (χ0) is 23.7. The van der Waals surface area contributed by atoms with Crippen LogP contribution in [0.25, 0.3) is 16.7 Å². The molecule has 0 aliphatic rings. The highest BCUT2D eigenvalue weighted by molar-refractivity contribution is 8.01. The molecule has 0 saturated heterocycles. The second kappa shape index (κ2) is 11.8. The van der Waals surface area contributed by atoms with Crippen LogP contribution in [0.1, 0.15) is 39.7 Å². The predicted octanol–water partition coefficient (Wildman–Crippen LogP) is 7.66. The maximum atomic E-state index is 12.3. The molecule has 0 saturated carbocycles. The van der Waals surface area contributed by atoms with E-state index < -0.39 is 4.75 Å². The highest BCUT2D eigenvalue weighted by atomic mass is 32.2. The average Bonchev–Trinajstić information content (AvgIpc) is 2.85. The van der Waals surface area contributed by atoms with Crippen LogP contribution in [-0.4, -0.2) is 23.9 Å². The number of thioether (sulfide) groups is 1. The van der Waals surface area contributed by atoms with Gasteiger partial charge in [0.1, 0.15) is 17.1 Å². The van der Waals surface area contributed by atoms with E-state index in [2.05, 4.69) is 61.5 Å². The Morgan fingerprint density at radius 1 is 0.909 bits per heavy atom. The molecule has 33 heavy (non-hydrogen) atoms. The van der Waals surface area contributed by atoms with Crippen molar-refractivity contribution < 1.29 is 14.3 Å². The minimum atomic E-state index is -0.589. The van der Waals surface area contributed by atoms with E-state index in [-0.39, 0.29) is 5.97 Å². The molecule has 3 nitrogen and oxygen atoms in total. The van der Waals surface area contributed by atoms with Crippen molar-refractivity contribution in [2.75, 3.05) is 13.2 Å².